The number of nitrogens with two attached hydrogens (primary N) is 1. The van der Waals surface area contributed by atoms with E-state index in [1.807, 2.05) is 20.8 Å². The first-order valence-corrected chi connectivity index (χ1v) is 9.59. The third-order valence-electron chi connectivity index (χ3n) is 4.09. The summed E-state index contributed by atoms with van der Waals surface area (Å²) in [5.74, 6) is 0.933. The molecule has 10 heteroatoms. The summed E-state index contributed by atoms with van der Waals surface area (Å²) in [5, 5.41) is 16.7. The lowest BCUT2D eigenvalue weighted by Gasteiger charge is -2.19. The Balaban J connectivity index is 1.81. The molecule has 1 aliphatic heterocycles. The van der Waals surface area contributed by atoms with Gasteiger partial charge in [-0.05, 0) is 45.0 Å². The van der Waals surface area contributed by atoms with Gasteiger partial charge in [0.25, 0.3) is 5.91 Å². The highest BCUT2D eigenvalue weighted by Crippen LogP contribution is 2.34. The van der Waals surface area contributed by atoms with Gasteiger partial charge in [-0.25, -0.2) is 9.97 Å². The Morgan fingerprint density at radius 1 is 1.24 bits per heavy atom. The van der Waals surface area contributed by atoms with Crippen LogP contribution < -0.4 is 20.5 Å². The molecule has 1 aromatic carbocycles. The van der Waals surface area contributed by atoms with Crippen molar-refractivity contribution in [1.29, 1.82) is 0 Å². The predicted molar refractivity (Wildman–Crippen MR) is 109 cm³/mol. The molecule has 0 radical (unpaired) electrons. The smallest absolute Gasteiger partial charge is 0.261 e. The number of amides is 1. The molecular weight excluding hydrogens is 394 g/mol. The molecule has 0 aliphatic carbocycles. The van der Waals surface area contributed by atoms with E-state index in [-0.39, 0.29) is 29.9 Å². The average Bonchev–Trinajstić information content (AvgIpc) is 3.26. The largest absolute Gasteiger partial charge is 0.454 e. The van der Waals surface area contributed by atoms with Gasteiger partial charge in [0.15, 0.2) is 11.5 Å². The van der Waals surface area contributed by atoms with Gasteiger partial charge in [0.2, 0.25) is 12.7 Å². The standard InChI is InChI=1S/C19H19N5O4S/c1-19(2,3)23-16(25)13-7-10-15(21-18(20)22-17(10)29-13)14(24-26)9-4-5-11-12(6-9)28-8-27-11/h4-7,26H,8H2,1-3H3,(H,23,25)(H2,20,21,22). The maximum atomic E-state index is 12.6. The average molecular weight is 413 g/mol. The van der Waals surface area contributed by atoms with Gasteiger partial charge in [-0.1, -0.05) is 5.16 Å². The number of nitrogen functional groups attached to an aromatic ring is 1. The van der Waals surface area contributed by atoms with E-state index in [1.165, 1.54) is 11.3 Å². The minimum Gasteiger partial charge on any atom is -0.454 e. The van der Waals surface area contributed by atoms with Crippen LogP contribution in [0.5, 0.6) is 11.5 Å². The van der Waals surface area contributed by atoms with Gasteiger partial charge >= 0.3 is 0 Å². The van der Waals surface area contributed by atoms with Gasteiger partial charge in [0, 0.05) is 16.5 Å². The van der Waals surface area contributed by atoms with E-state index in [4.69, 9.17) is 15.2 Å². The molecule has 0 saturated heterocycles. The molecule has 1 aliphatic rings. The van der Waals surface area contributed by atoms with E-state index in [1.54, 1.807) is 24.3 Å². The molecule has 0 atom stereocenters. The van der Waals surface area contributed by atoms with Gasteiger partial charge in [-0.2, -0.15) is 0 Å². The third kappa shape index (κ3) is 3.66. The SMILES string of the molecule is CC(C)(C)NC(=O)c1cc2c(C(=NO)c3ccc4c(c3)OCO4)nc(N)nc2s1. The van der Waals surface area contributed by atoms with Crippen LogP contribution in [0.2, 0.25) is 0 Å². The predicted octanol–water partition coefficient (Wildman–Crippen LogP) is 2.76. The molecule has 0 bridgehead atoms. The quantitative estimate of drug-likeness (QED) is 0.342. The number of carbonyl (C=O) groups excluding carboxylic acids is 1. The maximum Gasteiger partial charge on any atom is 0.261 e. The summed E-state index contributed by atoms with van der Waals surface area (Å²) in [5.41, 5.74) is 6.55. The first-order valence-electron chi connectivity index (χ1n) is 8.77. The molecule has 150 valence electrons. The van der Waals surface area contributed by atoms with Gasteiger partial charge in [0.05, 0.1) is 4.88 Å². The number of anilines is 1. The van der Waals surface area contributed by atoms with Crippen LogP contribution in [0, 0.1) is 0 Å². The lowest BCUT2D eigenvalue weighted by Crippen LogP contribution is -2.40. The van der Waals surface area contributed by atoms with Gasteiger partial charge < -0.3 is 25.7 Å². The molecule has 4 rings (SSSR count). The summed E-state index contributed by atoms with van der Waals surface area (Å²) in [6.07, 6.45) is 0. The summed E-state index contributed by atoms with van der Waals surface area (Å²) >= 11 is 1.19. The van der Waals surface area contributed by atoms with Crippen LogP contribution in [-0.2, 0) is 0 Å². The fourth-order valence-corrected chi connectivity index (χ4v) is 3.85. The van der Waals surface area contributed by atoms with E-state index >= 15 is 0 Å². The first kappa shape index (κ1) is 18.9. The summed E-state index contributed by atoms with van der Waals surface area (Å²) in [6.45, 7) is 5.83. The first-order chi connectivity index (χ1) is 13.7. The minimum atomic E-state index is -0.384. The molecule has 0 unspecified atom stereocenters. The number of hydrogen-bond acceptors (Lipinski definition) is 9. The number of nitrogens with zero attached hydrogens (tertiary/aromatic N) is 3. The van der Waals surface area contributed by atoms with Crippen molar-refractivity contribution in [1.82, 2.24) is 15.3 Å². The molecule has 1 amide bonds. The number of ether oxygens (including phenoxy) is 2. The van der Waals surface area contributed by atoms with Crippen molar-refractivity contribution in [2.45, 2.75) is 26.3 Å². The summed E-state index contributed by atoms with van der Waals surface area (Å²) < 4.78 is 10.7. The summed E-state index contributed by atoms with van der Waals surface area (Å²) in [6, 6.07) is 6.82. The Labute approximate surface area is 170 Å². The van der Waals surface area contributed by atoms with Crippen molar-refractivity contribution in [2.75, 3.05) is 12.5 Å². The maximum absolute atomic E-state index is 12.6. The molecule has 29 heavy (non-hydrogen) atoms. The minimum absolute atomic E-state index is 0.0130. The van der Waals surface area contributed by atoms with Crippen LogP contribution in [0.25, 0.3) is 10.2 Å². The van der Waals surface area contributed by atoms with E-state index in [0.29, 0.717) is 37.9 Å². The van der Waals surface area contributed by atoms with Crippen molar-refractivity contribution in [3.05, 3.63) is 40.4 Å². The Morgan fingerprint density at radius 3 is 2.72 bits per heavy atom. The van der Waals surface area contributed by atoms with Crippen molar-refractivity contribution in [2.24, 2.45) is 5.16 Å². The number of oxime groups is 1. The highest BCUT2D eigenvalue weighted by atomic mass is 32.1. The topological polar surface area (TPSA) is 132 Å². The number of thiophene rings is 1. The van der Waals surface area contributed by atoms with Crippen molar-refractivity contribution >= 4 is 39.1 Å². The highest BCUT2D eigenvalue weighted by molar-refractivity contribution is 7.20. The van der Waals surface area contributed by atoms with Gasteiger partial charge in [-0.15, -0.1) is 11.3 Å². The van der Waals surface area contributed by atoms with Crippen molar-refractivity contribution in [3.63, 3.8) is 0 Å². The number of hydrogen-bond donors (Lipinski definition) is 3. The number of carbonyl (C=O) groups is 1. The molecule has 3 heterocycles. The second-order valence-electron chi connectivity index (χ2n) is 7.48. The zero-order valence-corrected chi connectivity index (χ0v) is 16.8. The molecule has 3 aromatic rings. The number of rotatable bonds is 3. The van der Waals surface area contributed by atoms with Crippen LogP contribution >= 0.6 is 11.3 Å². The normalized spacial score (nSPS) is 13.7. The number of aromatic nitrogens is 2. The van der Waals surface area contributed by atoms with E-state index in [9.17, 15) is 10.0 Å². The van der Waals surface area contributed by atoms with Crippen molar-refractivity contribution < 1.29 is 19.5 Å². The van der Waals surface area contributed by atoms with E-state index < -0.39 is 0 Å². The lowest BCUT2D eigenvalue weighted by molar-refractivity contribution is 0.0924. The molecule has 0 fully saturated rings. The Bertz CT molecular complexity index is 1150. The van der Waals surface area contributed by atoms with Crippen molar-refractivity contribution in [3.8, 4) is 11.5 Å². The lowest BCUT2D eigenvalue weighted by atomic mass is 10.0. The highest BCUT2D eigenvalue weighted by Gasteiger charge is 2.23. The molecule has 9 nitrogen and oxygen atoms in total. The Morgan fingerprint density at radius 2 is 2.00 bits per heavy atom. The van der Waals surface area contributed by atoms with Crippen LogP contribution in [0.4, 0.5) is 5.95 Å². The van der Waals surface area contributed by atoms with Gasteiger partial charge in [0.1, 0.15) is 16.2 Å². The number of nitrogens with one attached hydrogen (secondary N) is 1. The van der Waals surface area contributed by atoms with E-state index in [2.05, 4.69) is 20.4 Å². The number of fused-ring (bicyclic) bond motifs is 2. The zero-order valence-electron chi connectivity index (χ0n) is 16.0. The van der Waals surface area contributed by atoms with Gasteiger partial charge in [-0.3, -0.25) is 4.79 Å². The van der Waals surface area contributed by atoms with Crippen LogP contribution in [0.1, 0.15) is 41.7 Å². The van der Waals surface area contributed by atoms with E-state index in [0.717, 1.165) is 0 Å². The zero-order chi connectivity index (χ0) is 20.8. The fourth-order valence-electron chi connectivity index (χ4n) is 2.92. The van der Waals surface area contributed by atoms with Crippen LogP contribution in [0.3, 0.4) is 0 Å². The Kier molecular flexibility index (Phi) is 4.50. The third-order valence-corrected chi connectivity index (χ3v) is 5.12. The second-order valence-corrected chi connectivity index (χ2v) is 8.51. The molecule has 0 spiro atoms. The molecule has 0 saturated carbocycles. The monoisotopic (exact) mass is 413 g/mol. The second kappa shape index (κ2) is 6.89. The molecule has 2 aromatic heterocycles. The molecule has 4 N–H and O–H groups in total. The Hall–Kier alpha value is -3.40. The fraction of sp³-hybridized carbons (Fsp3) is 0.263. The number of benzene rings is 1. The van der Waals surface area contributed by atoms with Crippen LogP contribution in [0.15, 0.2) is 29.4 Å². The van der Waals surface area contributed by atoms with Crippen LogP contribution in [-0.4, -0.2) is 39.1 Å². The summed E-state index contributed by atoms with van der Waals surface area (Å²) in [4.78, 5) is 22.0. The molecular formula is C19H19N5O4S. The summed E-state index contributed by atoms with van der Waals surface area (Å²) in [7, 11) is 0.